The molecule has 1 heterocycles. The number of amides is 1. The van der Waals surface area contributed by atoms with E-state index in [-0.39, 0.29) is 41.1 Å². The highest BCUT2D eigenvalue weighted by Gasteiger charge is 2.38. The summed E-state index contributed by atoms with van der Waals surface area (Å²) in [6.45, 7) is 3.31. The number of benzene rings is 1. The molecule has 0 spiro atoms. The van der Waals surface area contributed by atoms with Crippen LogP contribution in [0.2, 0.25) is 0 Å². The predicted molar refractivity (Wildman–Crippen MR) is 88.3 cm³/mol. The number of anilines is 1. The van der Waals surface area contributed by atoms with Gasteiger partial charge in [0.2, 0.25) is 0 Å². The fourth-order valence-electron chi connectivity index (χ4n) is 2.19. The Morgan fingerprint density at radius 1 is 1.04 bits per heavy atom. The average Bonchev–Trinajstić information content (AvgIpc) is 2.60. The Hall–Kier alpha value is -3.17. The minimum absolute atomic E-state index is 0.0435. The maximum absolute atomic E-state index is 12.4. The second-order valence-corrected chi connectivity index (χ2v) is 5.18. The van der Waals surface area contributed by atoms with Gasteiger partial charge in [0.05, 0.1) is 24.3 Å². The molecule has 1 aromatic carbocycles. The molecule has 1 aromatic heterocycles. The molecule has 7 nitrogen and oxygen atoms in total. The summed E-state index contributed by atoms with van der Waals surface area (Å²) in [6, 6.07) is 4.72. The van der Waals surface area contributed by atoms with Crippen molar-refractivity contribution in [3.63, 3.8) is 0 Å². The minimum Gasteiger partial charge on any atom is -0.462 e. The molecule has 10 heteroatoms. The van der Waals surface area contributed by atoms with E-state index in [0.717, 1.165) is 12.1 Å². The Kier molecular flexibility index (Phi) is 5.98. The first-order valence-corrected chi connectivity index (χ1v) is 7.84. The number of nitrogens with zero attached hydrogens (tertiary/aromatic N) is 1. The van der Waals surface area contributed by atoms with Crippen molar-refractivity contribution in [2.75, 3.05) is 18.5 Å². The highest BCUT2D eigenvalue weighted by molar-refractivity contribution is 6.07. The van der Waals surface area contributed by atoms with Crippen LogP contribution in [-0.4, -0.2) is 42.2 Å². The van der Waals surface area contributed by atoms with Gasteiger partial charge in [-0.3, -0.25) is 4.79 Å². The number of fused-ring (bicyclic) bond motifs is 1. The summed E-state index contributed by atoms with van der Waals surface area (Å²) < 4.78 is 47.0. The third kappa shape index (κ3) is 4.72. The lowest BCUT2D eigenvalue weighted by molar-refractivity contribution is -0.167. The summed E-state index contributed by atoms with van der Waals surface area (Å²) in [5, 5.41) is 1.81. The molecule has 0 radical (unpaired) electrons. The molecule has 0 aliphatic heterocycles. The maximum atomic E-state index is 12.4. The van der Waals surface area contributed by atoms with Crippen molar-refractivity contribution in [1.82, 2.24) is 4.98 Å². The lowest BCUT2D eigenvalue weighted by Crippen LogP contribution is -2.29. The van der Waals surface area contributed by atoms with Crippen LogP contribution in [0.4, 0.5) is 18.9 Å². The third-order valence-corrected chi connectivity index (χ3v) is 3.30. The second-order valence-electron chi connectivity index (χ2n) is 5.18. The van der Waals surface area contributed by atoms with Crippen LogP contribution >= 0.6 is 0 Å². The number of nitrogens with one attached hydrogen (secondary N) is 1. The molecule has 0 aliphatic rings. The first-order valence-electron chi connectivity index (χ1n) is 7.84. The van der Waals surface area contributed by atoms with Crippen LogP contribution in [0.15, 0.2) is 24.3 Å². The number of hydrogen-bond donors (Lipinski definition) is 1. The molecule has 0 atom stereocenters. The summed E-state index contributed by atoms with van der Waals surface area (Å²) in [6.07, 6.45) is -5.06. The molecule has 0 unspecified atom stereocenters. The van der Waals surface area contributed by atoms with E-state index in [4.69, 9.17) is 9.47 Å². The fourth-order valence-corrected chi connectivity index (χ4v) is 2.19. The Labute approximate surface area is 151 Å². The first kappa shape index (κ1) is 20.1. The lowest BCUT2D eigenvalue weighted by Gasteiger charge is -2.12. The number of alkyl halides is 3. The van der Waals surface area contributed by atoms with Gasteiger partial charge in [-0.2, -0.15) is 13.2 Å². The zero-order chi connectivity index (χ0) is 20.2. The summed E-state index contributed by atoms with van der Waals surface area (Å²) in [4.78, 5) is 39.3. The molecule has 1 amide bonds. The monoisotopic (exact) mass is 384 g/mol. The number of pyridine rings is 1. The van der Waals surface area contributed by atoms with Gasteiger partial charge in [-0.1, -0.05) is 0 Å². The lowest BCUT2D eigenvalue weighted by atomic mass is 10.1. The Bertz CT molecular complexity index is 896. The quantitative estimate of drug-likeness (QED) is 0.796. The van der Waals surface area contributed by atoms with E-state index in [1.807, 2.05) is 0 Å². The molecule has 1 N–H and O–H groups in total. The standard InChI is InChI=1S/C17H15F3N2O5/c1-3-26-14(23)11-8-13(15(24)27-4-2)22-12-6-5-9(7-10(11)12)21-16(25)17(18,19)20/h5-8H,3-4H2,1-2H3,(H,21,25). The van der Waals surface area contributed by atoms with Crippen molar-refractivity contribution in [1.29, 1.82) is 0 Å². The molecule has 0 bridgehead atoms. The van der Waals surface area contributed by atoms with Gasteiger partial charge < -0.3 is 14.8 Å². The molecule has 0 aliphatic carbocycles. The van der Waals surface area contributed by atoms with Crippen molar-refractivity contribution >= 4 is 34.4 Å². The number of hydrogen-bond acceptors (Lipinski definition) is 6. The summed E-state index contributed by atoms with van der Waals surface area (Å²) >= 11 is 0. The van der Waals surface area contributed by atoms with Gasteiger partial charge in [0.25, 0.3) is 0 Å². The fraction of sp³-hybridized carbons (Fsp3) is 0.294. The summed E-state index contributed by atoms with van der Waals surface area (Å²) in [7, 11) is 0. The van der Waals surface area contributed by atoms with Crippen LogP contribution in [0.5, 0.6) is 0 Å². The topological polar surface area (TPSA) is 94.6 Å². The number of aromatic nitrogens is 1. The number of ether oxygens (including phenoxy) is 2. The minimum atomic E-state index is -5.06. The molecule has 27 heavy (non-hydrogen) atoms. The number of esters is 2. The van der Waals surface area contributed by atoms with Gasteiger partial charge in [0.15, 0.2) is 0 Å². The van der Waals surface area contributed by atoms with E-state index in [9.17, 15) is 27.6 Å². The van der Waals surface area contributed by atoms with Crippen molar-refractivity contribution in [3.8, 4) is 0 Å². The van der Waals surface area contributed by atoms with Crippen molar-refractivity contribution < 1.29 is 37.0 Å². The second kappa shape index (κ2) is 8.02. The average molecular weight is 384 g/mol. The van der Waals surface area contributed by atoms with Crippen LogP contribution in [0.25, 0.3) is 10.9 Å². The van der Waals surface area contributed by atoms with Gasteiger partial charge >= 0.3 is 24.0 Å². The van der Waals surface area contributed by atoms with Crippen LogP contribution in [0.1, 0.15) is 34.7 Å². The number of carbonyl (C=O) groups excluding carboxylic acids is 3. The Balaban J connectivity index is 2.55. The number of halogens is 3. The molecule has 2 aromatic rings. The molecule has 144 valence electrons. The van der Waals surface area contributed by atoms with Gasteiger partial charge in [-0.25, -0.2) is 14.6 Å². The highest BCUT2D eigenvalue weighted by Crippen LogP contribution is 2.25. The van der Waals surface area contributed by atoms with E-state index >= 15 is 0 Å². The predicted octanol–water partition coefficient (Wildman–Crippen LogP) is 3.09. The highest BCUT2D eigenvalue weighted by atomic mass is 19.4. The van der Waals surface area contributed by atoms with E-state index in [2.05, 4.69) is 4.98 Å². The van der Waals surface area contributed by atoms with Gasteiger partial charge in [0.1, 0.15) is 5.69 Å². The van der Waals surface area contributed by atoms with E-state index in [1.54, 1.807) is 19.2 Å². The van der Waals surface area contributed by atoms with Crippen molar-refractivity contribution in [2.45, 2.75) is 20.0 Å². The first-order chi connectivity index (χ1) is 12.7. The van der Waals surface area contributed by atoms with Gasteiger partial charge in [-0.05, 0) is 38.1 Å². The maximum Gasteiger partial charge on any atom is 0.471 e. The van der Waals surface area contributed by atoms with Crippen molar-refractivity contribution in [2.24, 2.45) is 0 Å². The van der Waals surface area contributed by atoms with Gasteiger partial charge in [-0.15, -0.1) is 0 Å². The molecule has 0 fully saturated rings. The normalized spacial score (nSPS) is 11.1. The molecule has 2 rings (SSSR count). The van der Waals surface area contributed by atoms with E-state index in [0.29, 0.717) is 0 Å². The molecule has 0 saturated carbocycles. The Morgan fingerprint density at radius 2 is 1.67 bits per heavy atom. The van der Waals surface area contributed by atoms with Gasteiger partial charge in [0, 0.05) is 11.1 Å². The van der Waals surface area contributed by atoms with Crippen LogP contribution in [0, 0.1) is 0 Å². The third-order valence-electron chi connectivity index (χ3n) is 3.30. The zero-order valence-corrected chi connectivity index (χ0v) is 14.3. The largest absolute Gasteiger partial charge is 0.471 e. The summed E-state index contributed by atoms with van der Waals surface area (Å²) in [5.74, 6) is -3.72. The smallest absolute Gasteiger partial charge is 0.462 e. The molecular formula is C17H15F3N2O5. The molecule has 0 saturated heterocycles. The van der Waals surface area contributed by atoms with Crippen LogP contribution in [0.3, 0.4) is 0 Å². The number of carbonyl (C=O) groups is 3. The van der Waals surface area contributed by atoms with Crippen LogP contribution in [-0.2, 0) is 14.3 Å². The Morgan fingerprint density at radius 3 is 2.26 bits per heavy atom. The summed E-state index contributed by atoms with van der Waals surface area (Å²) in [5.41, 5.74) is -0.290. The number of rotatable bonds is 5. The SMILES string of the molecule is CCOC(=O)c1cc(C(=O)OCC)c2cc(NC(=O)C(F)(F)F)ccc2n1. The molecular weight excluding hydrogens is 369 g/mol. The zero-order valence-electron chi connectivity index (χ0n) is 14.3. The van der Waals surface area contributed by atoms with E-state index < -0.39 is 24.0 Å². The van der Waals surface area contributed by atoms with E-state index in [1.165, 1.54) is 12.1 Å². The van der Waals surface area contributed by atoms with Crippen LogP contribution < -0.4 is 5.32 Å². The van der Waals surface area contributed by atoms with Crippen molar-refractivity contribution in [3.05, 3.63) is 35.5 Å².